The van der Waals surface area contributed by atoms with E-state index in [2.05, 4.69) is 17.0 Å². The molecule has 0 bridgehead atoms. The topological polar surface area (TPSA) is 29.5 Å². The lowest BCUT2D eigenvalue weighted by Crippen LogP contribution is -2.40. The van der Waals surface area contributed by atoms with Crippen molar-refractivity contribution < 1.29 is 9.53 Å². The molecule has 3 nitrogen and oxygen atoms in total. The highest BCUT2D eigenvalue weighted by Crippen LogP contribution is 2.22. The van der Waals surface area contributed by atoms with Crippen LogP contribution in [0.15, 0.2) is 30.3 Å². The minimum atomic E-state index is 0.196. The van der Waals surface area contributed by atoms with Gasteiger partial charge in [-0.25, -0.2) is 0 Å². The fourth-order valence-corrected chi connectivity index (χ4v) is 1.89. The van der Waals surface area contributed by atoms with Crippen LogP contribution in [-0.2, 0) is 9.53 Å². The van der Waals surface area contributed by atoms with E-state index in [4.69, 9.17) is 4.74 Å². The Morgan fingerprint density at radius 3 is 2.93 bits per heavy atom. The highest BCUT2D eigenvalue weighted by molar-refractivity contribution is 5.53. The number of ether oxygens (including phenoxy) is 1. The summed E-state index contributed by atoms with van der Waals surface area (Å²) in [5, 5.41) is 0. The molecular weight excluding hydrogens is 190 g/mol. The van der Waals surface area contributed by atoms with E-state index in [1.165, 1.54) is 5.56 Å². The predicted octanol–water partition coefficient (Wildman–Crippen LogP) is 1.17. The summed E-state index contributed by atoms with van der Waals surface area (Å²) in [7, 11) is 0. The van der Waals surface area contributed by atoms with Crippen molar-refractivity contribution in [2.45, 2.75) is 6.04 Å². The first-order valence-electron chi connectivity index (χ1n) is 5.13. The number of hydrogen-bond donors (Lipinski definition) is 0. The van der Waals surface area contributed by atoms with Crippen LogP contribution < -0.4 is 0 Å². The normalized spacial score (nSPS) is 22.5. The molecule has 1 saturated heterocycles. The number of hydrogen-bond acceptors (Lipinski definition) is 3. The Kier molecular flexibility index (Phi) is 3.48. The SMILES string of the molecule is O=[C]CN1CCOCC1c1ccccc1. The lowest BCUT2D eigenvalue weighted by atomic mass is 10.1. The van der Waals surface area contributed by atoms with Gasteiger partial charge in [0, 0.05) is 6.54 Å². The van der Waals surface area contributed by atoms with Gasteiger partial charge in [-0.3, -0.25) is 9.69 Å². The third-order valence-corrected chi connectivity index (χ3v) is 2.69. The van der Waals surface area contributed by atoms with Crippen molar-refractivity contribution in [2.75, 3.05) is 26.3 Å². The van der Waals surface area contributed by atoms with Crippen LogP contribution in [0.1, 0.15) is 11.6 Å². The second-order valence-corrected chi connectivity index (χ2v) is 3.62. The van der Waals surface area contributed by atoms with Crippen molar-refractivity contribution in [3.63, 3.8) is 0 Å². The van der Waals surface area contributed by atoms with E-state index in [9.17, 15) is 4.79 Å². The Morgan fingerprint density at radius 2 is 2.20 bits per heavy atom. The van der Waals surface area contributed by atoms with Crippen molar-refractivity contribution in [3.8, 4) is 0 Å². The van der Waals surface area contributed by atoms with Crippen molar-refractivity contribution in [1.82, 2.24) is 4.90 Å². The fourth-order valence-electron chi connectivity index (χ4n) is 1.89. The van der Waals surface area contributed by atoms with Gasteiger partial charge in [0.1, 0.15) is 0 Å². The van der Waals surface area contributed by atoms with E-state index in [0.717, 1.165) is 6.54 Å². The summed E-state index contributed by atoms with van der Waals surface area (Å²) >= 11 is 0. The lowest BCUT2D eigenvalue weighted by molar-refractivity contribution is -0.000728. The summed E-state index contributed by atoms with van der Waals surface area (Å²) in [6.07, 6.45) is 1.96. The number of nitrogens with zero attached hydrogens (tertiary/aromatic N) is 1. The number of carbonyl (C=O) groups excluding carboxylic acids is 1. The summed E-state index contributed by atoms with van der Waals surface area (Å²) in [5.74, 6) is 0. The van der Waals surface area contributed by atoms with Gasteiger partial charge in [0.2, 0.25) is 6.29 Å². The monoisotopic (exact) mass is 204 g/mol. The molecule has 0 N–H and O–H groups in total. The first-order chi connectivity index (χ1) is 7.42. The van der Waals surface area contributed by atoms with E-state index < -0.39 is 0 Å². The Bertz CT molecular complexity index is 313. The van der Waals surface area contributed by atoms with Crippen LogP contribution in [0.25, 0.3) is 0 Å². The lowest BCUT2D eigenvalue weighted by Gasteiger charge is -2.34. The largest absolute Gasteiger partial charge is 0.378 e. The summed E-state index contributed by atoms with van der Waals surface area (Å²) in [5.41, 5.74) is 1.20. The molecule has 1 fully saturated rings. The van der Waals surface area contributed by atoms with Crippen LogP contribution in [0.4, 0.5) is 0 Å². The molecule has 1 heterocycles. The highest BCUT2D eigenvalue weighted by Gasteiger charge is 2.23. The standard InChI is InChI=1S/C12H14NO2/c14-8-6-13-7-9-15-10-12(13)11-4-2-1-3-5-11/h1-5,12H,6-7,9-10H2. The Balaban J connectivity index is 2.14. The molecule has 1 aliphatic heterocycles. The number of morpholine rings is 1. The van der Waals surface area contributed by atoms with Crippen LogP contribution in [0.3, 0.4) is 0 Å². The average molecular weight is 204 g/mol. The summed E-state index contributed by atoms with van der Waals surface area (Å²) in [4.78, 5) is 12.5. The van der Waals surface area contributed by atoms with E-state index in [1.807, 2.05) is 24.5 Å². The molecule has 1 aromatic rings. The summed E-state index contributed by atoms with van der Waals surface area (Å²) < 4.78 is 5.44. The van der Waals surface area contributed by atoms with Gasteiger partial charge in [-0.15, -0.1) is 0 Å². The van der Waals surface area contributed by atoms with Crippen LogP contribution in [0.5, 0.6) is 0 Å². The van der Waals surface area contributed by atoms with E-state index in [-0.39, 0.29) is 6.04 Å². The molecule has 1 radical (unpaired) electrons. The van der Waals surface area contributed by atoms with Crippen molar-refractivity contribution >= 4 is 6.29 Å². The molecule has 15 heavy (non-hydrogen) atoms. The molecule has 1 unspecified atom stereocenters. The third kappa shape index (κ3) is 2.43. The van der Waals surface area contributed by atoms with Gasteiger partial charge in [-0.1, -0.05) is 30.3 Å². The zero-order valence-corrected chi connectivity index (χ0v) is 8.56. The molecule has 0 saturated carbocycles. The highest BCUT2D eigenvalue weighted by atomic mass is 16.5. The summed E-state index contributed by atoms with van der Waals surface area (Å²) in [6.45, 7) is 2.52. The summed E-state index contributed by atoms with van der Waals surface area (Å²) in [6, 6.07) is 10.3. The van der Waals surface area contributed by atoms with E-state index in [1.54, 1.807) is 0 Å². The molecule has 0 spiro atoms. The molecule has 79 valence electrons. The maximum atomic E-state index is 10.4. The van der Waals surface area contributed by atoms with Gasteiger partial charge in [-0.05, 0) is 5.56 Å². The van der Waals surface area contributed by atoms with Crippen LogP contribution >= 0.6 is 0 Å². The van der Waals surface area contributed by atoms with Gasteiger partial charge < -0.3 is 4.74 Å². The average Bonchev–Trinajstić information content (AvgIpc) is 2.31. The second kappa shape index (κ2) is 5.05. The van der Waals surface area contributed by atoms with Gasteiger partial charge >= 0.3 is 0 Å². The van der Waals surface area contributed by atoms with Gasteiger partial charge in [0.15, 0.2) is 0 Å². The Morgan fingerprint density at radius 1 is 1.40 bits per heavy atom. The van der Waals surface area contributed by atoms with Crippen molar-refractivity contribution in [3.05, 3.63) is 35.9 Å². The maximum absolute atomic E-state index is 10.4. The zero-order valence-electron chi connectivity index (χ0n) is 8.56. The van der Waals surface area contributed by atoms with Gasteiger partial charge in [0.25, 0.3) is 0 Å². The van der Waals surface area contributed by atoms with Crippen LogP contribution in [-0.4, -0.2) is 37.5 Å². The van der Waals surface area contributed by atoms with Gasteiger partial charge in [0.05, 0.1) is 25.8 Å². The second-order valence-electron chi connectivity index (χ2n) is 3.62. The molecule has 3 heteroatoms. The van der Waals surface area contributed by atoms with E-state index >= 15 is 0 Å². The fraction of sp³-hybridized carbons (Fsp3) is 0.417. The smallest absolute Gasteiger partial charge is 0.213 e. The molecular formula is C12H14NO2. The maximum Gasteiger partial charge on any atom is 0.213 e. The molecule has 1 aromatic carbocycles. The Labute approximate surface area is 89.7 Å². The molecule has 0 aromatic heterocycles. The molecule has 0 aliphatic carbocycles. The number of rotatable bonds is 3. The first kappa shape index (κ1) is 10.3. The third-order valence-electron chi connectivity index (χ3n) is 2.69. The van der Waals surface area contributed by atoms with Crippen molar-refractivity contribution in [2.24, 2.45) is 0 Å². The molecule has 1 atom stereocenters. The zero-order chi connectivity index (χ0) is 10.5. The minimum Gasteiger partial charge on any atom is -0.378 e. The van der Waals surface area contributed by atoms with E-state index in [0.29, 0.717) is 19.8 Å². The van der Waals surface area contributed by atoms with Crippen LogP contribution in [0, 0.1) is 0 Å². The van der Waals surface area contributed by atoms with Crippen molar-refractivity contribution in [1.29, 1.82) is 0 Å². The molecule has 0 amide bonds. The Hall–Kier alpha value is -1.19. The number of benzene rings is 1. The molecule has 2 rings (SSSR count). The molecule has 1 aliphatic rings. The predicted molar refractivity (Wildman–Crippen MR) is 57.3 cm³/mol. The minimum absolute atomic E-state index is 0.196. The van der Waals surface area contributed by atoms with Crippen LogP contribution in [0.2, 0.25) is 0 Å². The van der Waals surface area contributed by atoms with Gasteiger partial charge in [-0.2, -0.15) is 0 Å². The quantitative estimate of drug-likeness (QED) is 0.740. The first-order valence-corrected chi connectivity index (χ1v) is 5.13.